The highest BCUT2D eigenvalue weighted by Crippen LogP contribution is 2.33. The van der Waals surface area contributed by atoms with Gasteiger partial charge in [0, 0.05) is 39.9 Å². The number of aliphatic imine (C=N–C) groups is 1. The third kappa shape index (κ3) is 7.29. The fourth-order valence-corrected chi connectivity index (χ4v) is 3.09. The molecule has 0 saturated carbocycles. The summed E-state index contributed by atoms with van der Waals surface area (Å²) in [5.74, 6) is 2.52. The lowest BCUT2D eigenvalue weighted by Crippen LogP contribution is -2.44. The quantitative estimate of drug-likeness (QED) is 0.228. The number of halogens is 1. The zero-order chi connectivity index (χ0) is 19.5. The topological polar surface area (TPSA) is 64.6 Å². The molecule has 0 radical (unpaired) electrons. The smallest absolute Gasteiger partial charge is 0.194 e. The maximum Gasteiger partial charge on any atom is 0.194 e. The van der Waals surface area contributed by atoms with Gasteiger partial charge in [0.2, 0.25) is 0 Å². The summed E-state index contributed by atoms with van der Waals surface area (Å²) in [6.45, 7) is 7.39. The van der Waals surface area contributed by atoms with E-state index in [0.29, 0.717) is 19.8 Å². The number of methoxy groups -OCH3 is 3. The summed E-state index contributed by atoms with van der Waals surface area (Å²) >= 11 is 0. The van der Waals surface area contributed by atoms with Gasteiger partial charge in [-0.3, -0.25) is 4.99 Å². The number of hydrogen-bond acceptors (Lipinski definition) is 5. The van der Waals surface area contributed by atoms with E-state index in [0.717, 1.165) is 56.5 Å². The molecule has 1 aromatic carbocycles. The number of nitrogens with zero attached hydrogens (tertiary/aromatic N) is 2. The summed E-state index contributed by atoms with van der Waals surface area (Å²) in [7, 11) is 5.03. The number of ether oxygens (including phenoxy) is 4. The molecule has 0 saturated heterocycles. The number of rotatable bonds is 10. The van der Waals surface area contributed by atoms with Crippen LogP contribution in [0.1, 0.15) is 24.5 Å². The molecule has 0 fully saturated rings. The Morgan fingerprint density at radius 3 is 2.43 bits per heavy atom. The summed E-state index contributed by atoms with van der Waals surface area (Å²) in [6, 6.07) is 4.17. The van der Waals surface area contributed by atoms with Gasteiger partial charge in [-0.1, -0.05) is 0 Å². The summed E-state index contributed by atoms with van der Waals surface area (Å²) in [4.78, 5) is 7.06. The molecular formula is C20H34IN3O4. The van der Waals surface area contributed by atoms with E-state index in [4.69, 9.17) is 23.9 Å². The second kappa shape index (κ2) is 13.8. The number of fused-ring (bicyclic) bond motifs is 1. The Bertz CT molecular complexity index is 613. The fourth-order valence-electron chi connectivity index (χ4n) is 3.09. The molecule has 1 aliphatic rings. The van der Waals surface area contributed by atoms with E-state index in [1.54, 1.807) is 21.3 Å². The van der Waals surface area contributed by atoms with Gasteiger partial charge in [0.15, 0.2) is 17.5 Å². The van der Waals surface area contributed by atoms with E-state index in [1.165, 1.54) is 11.1 Å². The molecule has 7 nitrogen and oxygen atoms in total. The maximum absolute atomic E-state index is 5.50. The largest absolute Gasteiger partial charge is 0.493 e. The lowest BCUT2D eigenvalue weighted by molar-refractivity contribution is 0.0702. The molecule has 1 N–H and O–H groups in total. The highest BCUT2D eigenvalue weighted by atomic mass is 127. The van der Waals surface area contributed by atoms with Crippen LogP contribution in [-0.2, 0) is 22.4 Å². The van der Waals surface area contributed by atoms with Gasteiger partial charge in [0.25, 0.3) is 0 Å². The molecular weight excluding hydrogens is 473 g/mol. The molecule has 160 valence electrons. The normalized spacial score (nSPS) is 13.6. The predicted molar refractivity (Wildman–Crippen MR) is 122 cm³/mol. The average Bonchev–Trinajstić information content (AvgIpc) is 2.70. The minimum absolute atomic E-state index is 0. The Balaban J connectivity index is 0.00000392. The molecule has 0 bridgehead atoms. The molecule has 1 aliphatic heterocycles. The van der Waals surface area contributed by atoms with Crippen molar-refractivity contribution in [2.75, 3.05) is 60.8 Å². The molecule has 1 aromatic rings. The molecule has 28 heavy (non-hydrogen) atoms. The first-order valence-electron chi connectivity index (χ1n) is 9.57. The van der Waals surface area contributed by atoms with Crippen molar-refractivity contribution in [2.45, 2.75) is 26.3 Å². The van der Waals surface area contributed by atoms with Crippen LogP contribution in [0, 0.1) is 0 Å². The maximum atomic E-state index is 5.50. The van der Waals surface area contributed by atoms with Crippen molar-refractivity contribution in [3.63, 3.8) is 0 Å². The van der Waals surface area contributed by atoms with Gasteiger partial charge in [-0.25, -0.2) is 0 Å². The first-order chi connectivity index (χ1) is 13.2. The number of guanidine groups is 1. The molecule has 0 aromatic heterocycles. The van der Waals surface area contributed by atoms with Crippen molar-refractivity contribution >= 4 is 29.9 Å². The van der Waals surface area contributed by atoms with Crippen molar-refractivity contribution in [1.29, 1.82) is 0 Å². The van der Waals surface area contributed by atoms with Crippen LogP contribution in [0.15, 0.2) is 17.1 Å². The average molecular weight is 507 g/mol. The van der Waals surface area contributed by atoms with Crippen molar-refractivity contribution in [3.8, 4) is 11.5 Å². The summed E-state index contributed by atoms with van der Waals surface area (Å²) in [6.07, 6.45) is 1.86. The monoisotopic (exact) mass is 507 g/mol. The van der Waals surface area contributed by atoms with Crippen LogP contribution < -0.4 is 14.8 Å². The lowest BCUT2D eigenvalue weighted by Gasteiger charge is -2.32. The zero-order valence-electron chi connectivity index (χ0n) is 17.5. The molecule has 0 aliphatic carbocycles. The highest BCUT2D eigenvalue weighted by Gasteiger charge is 2.21. The highest BCUT2D eigenvalue weighted by molar-refractivity contribution is 14.0. The van der Waals surface area contributed by atoms with Gasteiger partial charge in [-0.15, -0.1) is 24.0 Å². The van der Waals surface area contributed by atoms with E-state index in [2.05, 4.69) is 29.3 Å². The van der Waals surface area contributed by atoms with Crippen LogP contribution in [0.3, 0.4) is 0 Å². The minimum Gasteiger partial charge on any atom is -0.493 e. The lowest BCUT2D eigenvalue weighted by atomic mass is 9.99. The van der Waals surface area contributed by atoms with E-state index in [1.807, 2.05) is 0 Å². The summed E-state index contributed by atoms with van der Waals surface area (Å²) in [5.41, 5.74) is 2.57. The number of nitrogens with one attached hydrogen (secondary N) is 1. The van der Waals surface area contributed by atoms with Crippen molar-refractivity contribution in [3.05, 3.63) is 23.3 Å². The van der Waals surface area contributed by atoms with Crippen LogP contribution in [-0.4, -0.2) is 71.6 Å². The fraction of sp³-hybridized carbons (Fsp3) is 0.650. The van der Waals surface area contributed by atoms with Crippen LogP contribution in [0.4, 0.5) is 0 Å². The molecule has 0 amide bonds. The third-order valence-electron chi connectivity index (χ3n) is 4.49. The van der Waals surface area contributed by atoms with Gasteiger partial charge >= 0.3 is 0 Å². The van der Waals surface area contributed by atoms with Gasteiger partial charge in [0.05, 0.1) is 27.4 Å². The first-order valence-corrected chi connectivity index (χ1v) is 9.57. The van der Waals surface area contributed by atoms with Crippen molar-refractivity contribution in [2.24, 2.45) is 4.99 Å². The summed E-state index contributed by atoms with van der Waals surface area (Å²) < 4.78 is 21.3. The second-order valence-corrected chi connectivity index (χ2v) is 6.34. The van der Waals surface area contributed by atoms with E-state index >= 15 is 0 Å². The molecule has 0 unspecified atom stereocenters. The van der Waals surface area contributed by atoms with Gasteiger partial charge in [0.1, 0.15) is 0 Å². The van der Waals surface area contributed by atoms with Gasteiger partial charge in [-0.2, -0.15) is 0 Å². The molecule has 1 heterocycles. The minimum atomic E-state index is 0. The Morgan fingerprint density at radius 1 is 1.07 bits per heavy atom. The number of benzene rings is 1. The molecule has 2 rings (SSSR count). The Kier molecular flexibility index (Phi) is 12.2. The van der Waals surface area contributed by atoms with Gasteiger partial charge in [-0.05, 0) is 43.0 Å². The van der Waals surface area contributed by atoms with Crippen molar-refractivity contribution < 1.29 is 18.9 Å². The Morgan fingerprint density at radius 2 is 1.79 bits per heavy atom. The van der Waals surface area contributed by atoms with Crippen LogP contribution in [0.5, 0.6) is 11.5 Å². The molecule has 0 spiro atoms. The predicted octanol–water partition coefficient (Wildman–Crippen LogP) is 2.70. The standard InChI is InChI=1S/C20H33N3O4.HI/c1-5-21-20(22-8-6-10-27-12-11-24-2)23-9-7-16-13-18(25-3)19(26-4)14-17(16)15-23;/h13-14H,5-12,15H2,1-4H3,(H,21,22);1H. The Hall–Kier alpha value is -1.26. The van der Waals surface area contributed by atoms with Gasteiger partial charge < -0.3 is 29.2 Å². The zero-order valence-corrected chi connectivity index (χ0v) is 19.8. The van der Waals surface area contributed by atoms with Crippen molar-refractivity contribution in [1.82, 2.24) is 10.2 Å². The third-order valence-corrected chi connectivity index (χ3v) is 4.49. The van der Waals surface area contributed by atoms with Crippen LogP contribution in [0.2, 0.25) is 0 Å². The van der Waals surface area contributed by atoms with Crippen LogP contribution in [0.25, 0.3) is 0 Å². The number of hydrogen-bond donors (Lipinski definition) is 1. The Labute approximate surface area is 185 Å². The van der Waals surface area contributed by atoms with E-state index < -0.39 is 0 Å². The second-order valence-electron chi connectivity index (χ2n) is 6.34. The van der Waals surface area contributed by atoms with Crippen LogP contribution >= 0.6 is 24.0 Å². The molecule has 8 heteroatoms. The molecule has 0 atom stereocenters. The van der Waals surface area contributed by atoms with E-state index in [9.17, 15) is 0 Å². The van der Waals surface area contributed by atoms with E-state index in [-0.39, 0.29) is 24.0 Å². The summed E-state index contributed by atoms with van der Waals surface area (Å²) in [5, 5.41) is 3.40. The first kappa shape index (κ1) is 24.8. The SMILES string of the molecule is CCNC(=NCCCOCCOC)N1CCc2cc(OC)c(OC)cc2C1.I.